The maximum atomic E-state index is 13.0. The molecule has 2 N–H and O–H groups in total. The summed E-state index contributed by atoms with van der Waals surface area (Å²) < 4.78 is 49.0. The quantitative estimate of drug-likeness (QED) is 0.768. The van der Waals surface area contributed by atoms with Gasteiger partial charge in [0.15, 0.2) is 0 Å². The van der Waals surface area contributed by atoms with Crippen molar-refractivity contribution < 1.29 is 32.2 Å². The fraction of sp³-hybridized carbons (Fsp3) is 0.556. The normalized spacial score (nSPS) is 12.9. The summed E-state index contributed by atoms with van der Waals surface area (Å²) in [4.78, 5) is 23.3. The third-order valence-corrected chi connectivity index (χ3v) is 3.31. The van der Waals surface area contributed by atoms with Gasteiger partial charge in [0.1, 0.15) is 12.2 Å². The molecule has 1 aromatic rings. The van der Waals surface area contributed by atoms with Crippen LogP contribution in [0.2, 0.25) is 0 Å². The molecule has 152 valence electrons. The molecule has 0 saturated carbocycles. The van der Waals surface area contributed by atoms with E-state index in [1.165, 1.54) is 12.1 Å². The molecule has 1 unspecified atom stereocenters. The summed E-state index contributed by atoms with van der Waals surface area (Å²) >= 11 is 0. The van der Waals surface area contributed by atoms with E-state index in [0.29, 0.717) is 6.54 Å². The fourth-order valence-electron chi connectivity index (χ4n) is 2.13. The van der Waals surface area contributed by atoms with Crippen molar-refractivity contribution in [3.05, 3.63) is 35.4 Å². The van der Waals surface area contributed by atoms with E-state index in [2.05, 4.69) is 10.6 Å². The molecular weight excluding hydrogens is 365 g/mol. The van der Waals surface area contributed by atoms with Gasteiger partial charge in [0, 0.05) is 19.0 Å². The van der Waals surface area contributed by atoms with Crippen LogP contribution in [0.1, 0.15) is 44.7 Å². The fourth-order valence-corrected chi connectivity index (χ4v) is 2.13. The maximum absolute atomic E-state index is 13.0. The molecule has 0 radical (unpaired) electrons. The van der Waals surface area contributed by atoms with Gasteiger partial charge in [0.25, 0.3) is 0 Å². The Morgan fingerprint density at radius 3 is 2.33 bits per heavy atom. The van der Waals surface area contributed by atoms with E-state index in [1.807, 2.05) is 0 Å². The second-order valence-electron chi connectivity index (χ2n) is 6.83. The molecule has 1 rings (SSSR count). The van der Waals surface area contributed by atoms with Crippen LogP contribution in [0.25, 0.3) is 0 Å². The van der Waals surface area contributed by atoms with Crippen LogP contribution in [0.15, 0.2) is 24.3 Å². The van der Waals surface area contributed by atoms with Gasteiger partial charge in [-0.15, -0.1) is 0 Å². The number of alkyl carbamates (subject to hydrolysis) is 2. The molecular formula is C18H25F3N2O4. The molecule has 0 saturated heterocycles. The highest BCUT2D eigenvalue weighted by atomic mass is 19.4. The zero-order valence-corrected chi connectivity index (χ0v) is 15.8. The number of nitrogens with one attached hydrogen (secondary N) is 2. The van der Waals surface area contributed by atoms with Crippen molar-refractivity contribution in [2.45, 2.75) is 45.4 Å². The molecule has 0 aliphatic heterocycles. The highest BCUT2D eigenvalue weighted by Crippen LogP contribution is 2.31. The number of rotatable bonds is 6. The lowest BCUT2D eigenvalue weighted by Gasteiger charge is -2.22. The Labute approximate surface area is 156 Å². The van der Waals surface area contributed by atoms with Gasteiger partial charge in [-0.1, -0.05) is 18.2 Å². The number of carbonyl (C=O) groups is 2. The molecule has 0 spiro atoms. The topological polar surface area (TPSA) is 76.7 Å². The van der Waals surface area contributed by atoms with E-state index in [9.17, 15) is 22.8 Å². The number of amides is 2. The Morgan fingerprint density at radius 2 is 1.78 bits per heavy atom. The van der Waals surface area contributed by atoms with Gasteiger partial charge in [-0.2, -0.15) is 13.2 Å². The zero-order chi connectivity index (χ0) is 20.7. The zero-order valence-electron chi connectivity index (χ0n) is 15.8. The highest BCUT2D eigenvalue weighted by Gasteiger charge is 2.31. The van der Waals surface area contributed by atoms with Gasteiger partial charge < -0.3 is 20.1 Å². The summed E-state index contributed by atoms with van der Waals surface area (Å²) in [5, 5.41) is 4.93. The van der Waals surface area contributed by atoms with Gasteiger partial charge in [-0.25, -0.2) is 9.59 Å². The molecule has 6 nitrogen and oxygen atoms in total. The summed E-state index contributed by atoms with van der Waals surface area (Å²) in [6.45, 7) is 6.86. The minimum Gasteiger partial charge on any atom is -0.449 e. The van der Waals surface area contributed by atoms with E-state index < -0.39 is 35.4 Å². The monoisotopic (exact) mass is 390 g/mol. The van der Waals surface area contributed by atoms with Gasteiger partial charge in [-0.05, 0) is 39.3 Å². The van der Waals surface area contributed by atoms with E-state index in [0.717, 1.165) is 12.1 Å². The van der Waals surface area contributed by atoms with Crippen LogP contribution in [0.5, 0.6) is 0 Å². The summed E-state index contributed by atoms with van der Waals surface area (Å²) in [6.07, 6.45) is -5.90. The first kappa shape index (κ1) is 22.6. The number of alkyl halides is 3. The van der Waals surface area contributed by atoms with Crippen molar-refractivity contribution in [1.82, 2.24) is 10.6 Å². The lowest BCUT2D eigenvalue weighted by atomic mass is 9.97. The first-order valence-electron chi connectivity index (χ1n) is 8.47. The van der Waals surface area contributed by atoms with Gasteiger partial charge in [0.05, 0.1) is 5.56 Å². The number of carbonyl (C=O) groups excluding carboxylic acids is 2. The van der Waals surface area contributed by atoms with Gasteiger partial charge in [0.2, 0.25) is 0 Å². The van der Waals surface area contributed by atoms with Crippen LogP contribution < -0.4 is 10.6 Å². The molecule has 0 fully saturated rings. The number of hydrogen-bond acceptors (Lipinski definition) is 4. The highest BCUT2D eigenvalue weighted by molar-refractivity contribution is 5.68. The first-order valence-corrected chi connectivity index (χ1v) is 8.47. The van der Waals surface area contributed by atoms with Gasteiger partial charge in [-0.3, -0.25) is 0 Å². The number of benzene rings is 1. The van der Waals surface area contributed by atoms with Gasteiger partial charge >= 0.3 is 18.4 Å². The van der Waals surface area contributed by atoms with Crippen molar-refractivity contribution in [3.8, 4) is 0 Å². The third kappa shape index (κ3) is 8.65. The molecule has 1 atom stereocenters. The average molecular weight is 390 g/mol. The van der Waals surface area contributed by atoms with Crippen LogP contribution in [0, 0.1) is 0 Å². The van der Waals surface area contributed by atoms with Crippen molar-refractivity contribution >= 4 is 12.2 Å². The van der Waals surface area contributed by atoms with E-state index in [4.69, 9.17) is 9.47 Å². The summed E-state index contributed by atoms with van der Waals surface area (Å²) in [5.74, 6) is -0.678. The standard InChI is InChI=1S/C18H25F3N2O4/c1-5-22-15(24)26-11-13(10-23-16(25)27-17(2,3)4)12-7-6-8-14(9-12)18(19,20)21/h6-9,13H,5,10-11H2,1-4H3,(H,22,24)(H,23,25). The molecule has 1 aromatic carbocycles. The van der Waals surface area contributed by atoms with Crippen LogP contribution in [0.3, 0.4) is 0 Å². The molecule has 27 heavy (non-hydrogen) atoms. The Morgan fingerprint density at radius 1 is 1.11 bits per heavy atom. The molecule has 9 heteroatoms. The predicted molar refractivity (Wildman–Crippen MR) is 93.4 cm³/mol. The van der Waals surface area contributed by atoms with Crippen molar-refractivity contribution in [1.29, 1.82) is 0 Å². The smallest absolute Gasteiger partial charge is 0.416 e. The van der Waals surface area contributed by atoms with Crippen LogP contribution in [-0.2, 0) is 15.7 Å². The average Bonchev–Trinajstić information content (AvgIpc) is 2.53. The minimum atomic E-state index is -4.50. The Kier molecular flexibility index (Phi) is 7.93. The maximum Gasteiger partial charge on any atom is 0.416 e. The molecule has 0 bridgehead atoms. The second kappa shape index (κ2) is 9.48. The van der Waals surface area contributed by atoms with E-state index >= 15 is 0 Å². The Hall–Kier alpha value is -2.45. The number of halogens is 3. The second-order valence-corrected chi connectivity index (χ2v) is 6.83. The lowest BCUT2D eigenvalue weighted by Crippen LogP contribution is -2.36. The van der Waals surface area contributed by atoms with Crippen molar-refractivity contribution in [3.63, 3.8) is 0 Å². The molecule has 2 amide bonds. The van der Waals surface area contributed by atoms with E-state index in [1.54, 1.807) is 27.7 Å². The summed E-state index contributed by atoms with van der Waals surface area (Å²) in [5.41, 5.74) is -1.25. The third-order valence-electron chi connectivity index (χ3n) is 3.31. The predicted octanol–water partition coefficient (Wildman–Crippen LogP) is 4.06. The van der Waals surface area contributed by atoms with Crippen molar-refractivity contribution in [2.24, 2.45) is 0 Å². The molecule has 0 aliphatic rings. The van der Waals surface area contributed by atoms with Crippen LogP contribution in [-0.4, -0.2) is 37.5 Å². The van der Waals surface area contributed by atoms with Crippen LogP contribution >= 0.6 is 0 Å². The number of hydrogen-bond donors (Lipinski definition) is 2. The molecule has 0 aliphatic carbocycles. The van der Waals surface area contributed by atoms with E-state index in [-0.39, 0.29) is 18.7 Å². The minimum absolute atomic E-state index is 0.0599. The van der Waals surface area contributed by atoms with Crippen LogP contribution in [0.4, 0.5) is 22.8 Å². The first-order chi connectivity index (χ1) is 12.4. The lowest BCUT2D eigenvalue weighted by molar-refractivity contribution is -0.137. The summed E-state index contributed by atoms with van der Waals surface area (Å²) in [6, 6.07) is 4.68. The molecule has 0 aromatic heterocycles. The largest absolute Gasteiger partial charge is 0.449 e. The SMILES string of the molecule is CCNC(=O)OCC(CNC(=O)OC(C)(C)C)c1cccc(C(F)(F)F)c1. The van der Waals surface area contributed by atoms with Crippen molar-refractivity contribution in [2.75, 3.05) is 19.7 Å². The molecule has 0 heterocycles. The summed E-state index contributed by atoms with van der Waals surface area (Å²) in [7, 11) is 0. The number of ether oxygens (including phenoxy) is 2. The Balaban J connectivity index is 2.91. The Bertz CT molecular complexity index is 642.